The molecule has 2 rings (SSSR count). The van der Waals surface area contributed by atoms with E-state index in [0.29, 0.717) is 5.02 Å². The Bertz CT molecular complexity index is 586. The highest BCUT2D eigenvalue weighted by atomic mass is 35.5. The monoisotopic (exact) mass is 325 g/mol. The third kappa shape index (κ3) is 4.16. The van der Waals surface area contributed by atoms with Gasteiger partial charge in [-0.15, -0.1) is 11.8 Å². The van der Waals surface area contributed by atoms with Crippen molar-refractivity contribution in [2.45, 2.75) is 17.9 Å². The van der Waals surface area contributed by atoms with Crippen LogP contribution in [0.1, 0.15) is 17.2 Å². The highest BCUT2D eigenvalue weighted by molar-refractivity contribution is 7.99. The molecule has 20 heavy (non-hydrogen) atoms. The zero-order valence-corrected chi connectivity index (χ0v) is 13.8. The van der Waals surface area contributed by atoms with E-state index in [1.165, 1.54) is 10.5 Å². The van der Waals surface area contributed by atoms with E-state index in [-0.39, 0.29) is 6.04 Å². The predicted molar refractivity (Wildman–Crippen MR) is 90.2 cm³/mol. The lowest BCUT2D eigenvalue weighted by Crippen LogP contribution is -2.19. The van der Waals surface area contributed by atoms with Gasteiger partial charge in [-0.05, 0) is 49.9 Å². The smallest absolute Gasteiger partial charge is 0.0455 e. The maximum absolute atomic E-state index is 6.27. The largest absolute Gasteiger partial charge is 0.312 e. The highest BCUT2D eigenvalue weighted by Gasteiger charge is 2.14. The van der Waals surface area contributed by atoms with Gasteiger partial charge in [-0.1, -0.05) is 40.9 Å². The van der Waals surface area contributed by atoms with Crippen LogP contribution in [0.2, 0.25) is 10.0 Å². The van der Waals surface area contributed by atoms with Crippen LogP contribution in [0.3, 0.4) is 0 Å². The van der Waals surface area contributed by atoms with E-state index in [1.807, 2.05) is 37.0 Å². The molecular weight excluding hydrogens is 309 g/mol. The quantitative estimate of drug-likeness (QED) is 0.743. The van der Waals surface area contributed by atoms with Gasteiger partial charge in [0.1, 0.15) is 0 Å². The van der Waals surface area contributed by atoms with Crippen molar-refractivity contribution in [3.8, 4) is 0 Å². The molecule has 0 spiro atoms. The van der Waals surface area contributed by atoms with Crippen molar-refractivity contribution >= 4 is 35.0 Å². The molecule has 0 fully saturated rings. The first-order chi connectivity index (χ1) is 9.60. The van der Waals surface area contributed by atoms with Crippen LogP contribution in [0.4, 0.5) is 0 Å². The molecule has 1 atom stereocenters. The number of rotatable bonds is 5. The van der Waals surface area contributed by atoms with Crippen molar-refractivity contribution in [3.63, 3.8) is 0 Å². The lowest BCUT2D eigenvalue weighted by Gasteiger charge is -2.18. The topological polar surface area (TPSA) is 12.0 Å². The van der Waals surface area contributed by atoms with Gasteiger partial charge in [0.25, 0.3) is 0 Å². The number of halogens is 2. The fourth-order valence-corrected chi connectivity index (χ4v) is 3.57. The zero-order chi connectivity index (χ0) is 14.5. The summed E-state index contributed by atoms with van der Waals surface area (Å²) in [5.41, 5.74) is 2.32. The average molecular weight is 326 g/mol. The molecule has 2 aromatic carbocycles. The third-order valence-electron chi connectivity index (χ3n) is 3.09. The molecule has 0 bridgehead atoms. The maximum atomic E-state index is 6.27. The van der Waals surface area contributed by atoms with Crippen LogP contribution in [-0.2, 0) is 0 Å². The fourth-order valence-electron chi connectivity index (χ4n) is 1.99. The summed E-state index contributed by atoms with van der Waals surface area (Å²) in [4.78, 5) is 1.27. The highest BCUT2D eigenvalue weighted by Crippen LogP contribution is 2.30. The molecule has 0 aliphatic heterocycles. The van der Waals surface area contributed by atoms with Crippen LogP contribution >= 0.6 is 35.0 Å². The van der Waals surface area contributed by atoms with Crippen LogP contribution in [0.25, 0.3) is 0 Å². The van der Waals surface area contributed by atoms with Gasteiger partial charge in [-0.25, -0.2) is 0 Å². The van der Waals surface area contributed by atoms with Crippen LogP contribution in [0.15, 0.2) is 47.4 Å². The molecule has 1 N–H and O–H groups in total. The van der Waals surface area contributed by atoms with E-state index in [2.05, 4.69) is 36.5 Å². The van der Waals surface area contributed by atoms with E-state index in [1.54, 1.807) is 0 Å². The summed E-state index contributed by atoms with van der Waals surface area (Å²) in [5, 5.41) is 4.77. The van der Waals surface area contributed by atoms with Gasteiger partial charge in [0.2, 0.25) is 0 Å². The van der Waals surface area contributed by atoms with Crippen LogP contribution in [0, 0.1) is 6.92 Å². The Morgan fingerprint density at radius 2 is 1.95 bits per heavy atom. The predicted octanol–water partition coefficient (Wildman–Crippen LogP) is 5.35. The standard InChI is InChI=1S/C16H17Cl2NS/c1-11-4-3-5-13(8-11)20-10-16(19-2)14-9-12(17)6-7-15(14)18/h3-9,16,19H,10H2,1-2H3. The first kappa shape index (κ1) is 15.7. The lowest BCUT2D eigenvalue weighted by molar-refractivity contribution is 0.662. The molecule has 4 heteroatoms. The van der Waals surface area contributed by atoms with Gasteiger partial charge in [0, 0.05) is 26.7 Å². The third-order valence-corrected chi connectivity index (χ3v) is 4.75. The van der Waals surface area contributed by atoms with Crippen molar-refractivity contribution in [1.29, 1.82) is 0 Å². The summed E-state index contributed by atoms with van der Waals surface area (Å²) in [6, 6.07) is 14.3. The molecule has 0 aromatic heterocycles. The fraction of sp³-hybridized carbons (Fsp3) is 0.250. The molecular formula is C16H17Cl2NS. The molecule has 0 aliphatic carbocycles. The number of benzene rings is 2. The Morgan fingerprint density at radius 3 is 2.65 bits per heavy atom. The minimum absolute atomic E-state index is 0.173. The number of hydrogen-bond donors (Lipinski definition) is 1. The van der Waals surface area contributed by atoms with Gasteiger partial charge < -0.3 is 5.32 Å². The van der Waals surface area contributed by atoms with Crippen molar-refractivity contribution < 1.29 is 0 Å². The Kier molecular flexibility index (Phi) is 5.79. The Morgan fingerprint density at radius 1 is 1.15 bits per heavy atom. The molecule has 106 valence electrons. The van der Waals surface area contributed by atoms with Crippen LogP contribution in [0.5, 0.6) is 0 Å². The number of thioether (sulfide) groups is 1. The number of hydrogen-bond acceptors (Lipinski definition) is 2. The Hall–Kier alpha value is -0.670. The van der Waals surface area contributed by atoms with Gasteiger partial charge in [0.05, 0.1) is 0 Å². The van der Waals surface area contributed by atoms with Crippen molar-refractivity contribution in [2.75, 3.05) is 12.8 Å². The second-order valence-corrected chi connectivity index (χ2v) is 6.57. The molecule has 1 nitrogen and oxygen atoms in total. The summed E-state index contributed by atoms with van der Waals surface area (Å²) >= 11 is 14.1. The summed E-state index contributed by atoms with van der Waals surface area (Å²) < 4.78 is 0. The van der Waals surface area contributed by atoms with Crippen LogP contribution < -0.4 is 5.32 Å². The molecule has 0 aliphatic rings. The van der Waals surface area contributed by atoms with Crippen molar-refractivity contribution in [2.24, 2.45) is 0 Å². The van der Waals surface area contributed by atoms with Crippen molar-refractivity contribution in [3.05, 3.63) is 63.6 Å². The molecule has 0 saturated carbocycles. The van der Waals surface area contributed by atoms with E-state index in [9.17, 15) is 0 Å². The summed E-state index contributed by atoms with van der Waals surface area (Å²) in [6.45, 7) is 2.10. The second kappa shape index (κ2) is 7.37. The van der Waals surface area contributed by atoms with Gasteiger partial charge in [-0.3, -0.25) is 0 Å². The Balaban J connectivity index is 2.11. The minimum Gasteiger partial charge on any atom is -0.312 e. The zero-order valence-electron chi connectivity index (χ0n) is 11.5. The molecule has 0 saturated heterocycles. The average Bonchev–Trinajstić information content (AvgIpc) is 2.43. The first-order valence-electron chi connectivity index (χ1n) is 6.42. The van der Waals surface area contributed by atoms with E-state index in [0.717, 1.165) is 16.3 Å². The van der Waals surface area contributed by atoms with E-state index >= 15 is 0 Å². The lowest BCUT2D eigenvalue weighted by atomic mass is 10.1. The van der Waals surface area contributed by atoms with Crippen molar-refractivity contribution in [1.82, 2.24) is 5.32 Å². The van der Waals surface area contributed by atoms with Gasteiger partial charge in [0.15, 0.2) is 0 Å². The first-order valence-corrected chi connectivity index (χ1v) is 8.16. The molecule has 2 aromatic rings. The van der Waals surface area contributed by atoms with Crippen LogP contribution in [-0.4, -0.2) is 12.8 Å². The summed E-state index contributed by atoms with van der Waals surface area (Å²) in [7, 11) is 1.94. The number of nitrogens with one attached hydrogen (secondary N) is 1. The normalized spacial score (nSPS) is 12.4. The Labute approximate surface area is 134 Å². The van der Waals surface area contributed by atoms with Gasteiger partial charge >= 0.3 is 0 Å². The molecule has 0 heterocycles. The maximum Gasteiger partial charge on any atom is 0.0455 e. The summed E-state index contributed by atoms with van der Waals surface area (Å²) in [6.07, 6.45) is 0. The number of aryl methyl sites for hydroxylation is 1. The second-order valence-electron chi connectivity index (χ2n) is 4.63. The minimum atomic E-state index is 0.173. The molecule has 0 radical (unpaired) electrons. The molecule has 1 unspecified atom stereocenters. The summed E-state index contributed by atoms with van der Waals surface area (Å²) in [5.74, 6) is 0.903. The van der Waals surface area contributed by atoms with E-state index < -0.39 is 0 Å². The van der Waals surface area contributed by atoms with E-state index in [4.69, 9.17) is 23.2 Å². The SMILES string of the molecule is CNC(CSc1cccc(C)c1)c1cc(Cl)ccc1Cl. The molecule has 0 amide bonds. The van der Waals surface area contributed by atoms with Gasteiger partial charge in [-0.2, -0.15) is 0 Å².